The minimum Gasteiger partial charge on any atom is -0.508 e. The third-order valence-electron chi connectivity index (χ3n) is 10.5. The Kier molecular flexibility index (Phi) is 7.64. The number of likely N-dealkylation sites (tertiary alicyclic amines) is 1. The first-order valence-corrected chi connectivity index (χ1v) is 16.7. The molecule has 3 fully saturated rings. The number of hydrazine groups is 1. The number of carbonyl (C=O) groups is 4. The number of hydrogen-bond acceptors (Lipinski definition) is 7. The van der Waals surface area contributed by atoms with Gasteiger partial charge in [-0.25, -0.2) is 0 Å². The standard InChI is InChI=1S/C37H35Cl2N3O6/c1-36(2,3)41-32(44)25-15-14-24-26(30(25)34(41)46)18-27-33(45)42(40-29-16-9-21(38)17-28(29)39)35(47)37(27,20-7-12-23(48-4)13-8-20)31(24)19-5-10-22(43)11-6-19/h5-14,16-17,25-27,30-31,40,43H,15,18H2,1-4H3/t25-,26+,27-,30-,31-,37+/m0/s1. The number of methoxy groups -OCH3 is 1. The van der Waals surface area contributed by atoms with Crippen LogP contribution in [-0.2, 0) is 24.6 Å². The summed E-state index contributed by atoms with van der Waals surface area (Å²) in [5.41, 5.74) is 3.26. The fourth-order valence-electron chi connectivity index (χ4n) is 8.55. The summed E-state index contributed by atoms with van der Waals surface area (Å²) in [6, 6.07) is 18.5. The molecule has 4 aliphatic rings. The van der Waals surface area contributed by atoms with Crippen LogP contribution in [-0.4, -0.2) is 51.3 Å². The number of benzene rings is 3. The number of phenols is 1. The first-order valence-electron chi connectivity index (χ1n) is 15.9. The molecule has 248 valence electrons. The van der Waals surface area contributed by atoms with Crippen molar-refractivity contribution in [2.45, 2.75) is 50.5 Å². The van der Waals surface area contributed by atoms with E-state index in [0.717, 1.165) is 10.6 Å². The normalized spacial score (nSPS) is 28.2. The molecular formula is C37H35Cl2N3O6. The molecule has 1 saturated carbocycles. The summed E-state index contributed by atoms with van der Waals surface area (Å²) in [7, 11) is 1.55. The number of fused-ring (bicyclic) bond motifs is 4. The molecule has 7 rings (SSSR count). The van der Waals surface area contributed by atoms with Crippen LogP contribution in [0.5, 0.6) is 11.5 Å². The molecule has 2 saturated heterocycles. The maximum Gasteiger partial charge on any atom is 0.260 e. The highest BCUT2D eigenvalue weighted by Gasteiger charge is 2.70. The number of aromatic hydroxyl groups is 1. The fraction of sp³-hybridized carbons (Fsp3) is 0.351. The molecule has 0 bridgehead atoms. The van der Waals surface area contributed by atoms with Crippen LogP contribution < -0.4 is 10.2 Å². The van der Waals surface area contributed by atoms with Crippen LogP contribution in [0, 0.1) is 23.7 Å². The zero-order chi connectivity index (χ0) is 34.3. The van der Waals surface area contributed by atoms with Crippen molar-refractivity contribution in [3.05, 3.63) is 99.6 Å². The molecule has 0 unspecified atom stereocenters. The first kappa shape index (κ1) is 32.2. The molecule has 3 aromatic carbocycles. The van der Waals surface area contributed by atoms with Crippen molar-refractivity contribution >= 4 is 52.5 Å². The molecule has 3 aromatic rings. The van der Waals surface area contributed by atoms with Crippen LogP contribution in [0.25, 0.3) is 0 Å². The van der Waals surface area contributed by atoms with E-state index < -0.39 is 52.4 Å². The lowest BCUT2D eigenvalue weighted by Gasteiger charge is -2.50. The molecule has 6 atom stereocenters. The van der Waals surface area contributed by atoms with E-state index in [2.05, 4.69) is 5.43 Å². The van der Waals surface area contributed by atoms with E-state index in [4.69, 9.17) is 27.9 Å². The van der Waals surface area contributed by atoms with Crippen molar-refractivity contribution < 1.29 is 29.0 Å². The molecule has 2 aliphatic heterocycles. The number of anilines is 1. The summed E-state index contributed by atoms with van der Waals surface area (Å²) in [5, 5.41) is 11.9. The minimum atomic E-state index is -1.46. The van der Waals surface area contributed by atoms with Gasteiger partial charge >= 0.3 is 0 Å². The number of imide groups is 2. The Hall–Kier alpha value is -4.34. The smallest absolute Gasteiger partial charge is 0.260 e. The van der Waals surface area contributed by atoms with Gasteiger partial charge in [-0.15, -0.1) is 0 Å². The van der Waals surface area contributed by atoms with Crippen LogP contribution in [0.4, 0.5) is 5.69 Å². The zero-order valence-electron chi connectivity index (χ0n) is 26.9. The van der Waals surface area contributed by atoms with Gasteiger partial charge in [0.15, 0.2) is 0 Å². The summed E-state index contributed by atoms with van der Waals surface area (Å²) >= 11 is 12.6. The predicted molar refractivity (Wildman–Crippen MR) is 180 cm³/mol. The van der Waals surface area contributed by atoms with Crippen molar-refractivity contribution in [2.24, 2.45) is 23.7 Å². The van der Waals surface area contributed by atoms with E-state index in [9.17, 15) is 19.5 Å². The number of nitrogens with one attached hydrogen (secondary N) is 1. The van der Waals surface area contributed by atoms with Gasteiger partial charge in [0.05, 0.1) is 41.0 Å². The topological polar surface area (TPSA) is 116 Å². The molecule has 4 amide bonds. The molecule has 0 radical (unpaired) electrons. The monoisotopic (exact) mass is 687 g/mol. The molecule has 0 aromatic heterocycles. The number of halogens is 2. The Bertz CT molecular complexity index is 1890. The zero-order valence-corrected chi connectivity index (χ0v) is 28.4. The molecule has 11 heteroatoms. The van der Waals surface area contributed by atoms with Gasteiger partial charge in [-0.1, -0.05) is 59.1 Å². The fourth-order valence-corrected chi connectivity index (χ4v) is 9.00. The van der Waals surface area contributed by atoms with Crippen LogP contribution in [0.15, 0.2) is 78.4 Å². The van der Waals surface area contributed by atoms with Crippen molar-refractivity contribution in [1.29, 1.82) is 0 Å². The molecule has 48 heavy (non-hydrogen) atoms. The van der Waals surface area contributed by atoms with E-state index in [1.807, 2.05) is 26.8 Å². The van der Waals surface area contributed by atoms with Gasteiger partial charge in [-0.05, 0) is 93.1 Å². The van der Waals surface area contributed by atoms with Gasteiger partial charge in [0.1, 0.15) is 11.5 Å². The molecule has 9 nitrogen and oxygen atoms in total. The number of allylic oxidation sites excluding steroid dienone is 2. The van der Waals surface area contributed by atoms with Gasteiger partial charge in [0.2, 0.25) is 11.8 Å². The molecule has 2 heterocycles. The highest BCUT2D eigenvalue weighted by Crippen LogP contribution is 2.64. The Labute approximate surface area is 288 Å². The van der Waals surface area contributed by atoms with E-state index in [1.54, 1.807) is 67.8 Å². The summed E-state index contributed by atoms with van der Waals surface area (Å²) < 4.78 is 5.44. The number of ether oxygens (including phenoxy) is 1. The molecule has 0 spiro atoms. The van der Waals surface area contributed by atoms with E-state index >= 15 is 4.79 Å². The lowest BCUT2D eigenvalue weighted by Crippen LogP contribution is -2.53. The second-order valence-electron chi connectivity index (χ2n) is 14.0. The maximum atomic E-state index is 15.2. The summed E-state index contributed by atoms with van der Waals surface area (Å²) in [6.45, 7) is 5.52. The average molecular weight is 689 g/mol. The number of rotatable bonds is 5. The molecule has 2 N–H and O–H groups in total. The Balaban J connectivity index is 1.45. The number of carbonyl (C=O) groups excluding carboxylic acids is 4. The van der Waals surface area contributed by atoms with Crippen LogP contribution >= 0.6 is 23.2 Å². The molecule has 2 aliphatic carbocycles. The van der Waals surface area contributed by atoms with Crippen molar-refractivity contribution in [1.82, 2.24) is 9.91 Å². The maximum absolute atomic E-state index is 15.2. The quantitative estimate of drug-likeness (QED) is 0.233. The third-order valence-corrected chi connectivity index (χ3v) is 11.0. The lowest BCUT2D eigenvalue weighted by atomic mass is 9.49. The Morgan fingerprint density at radius 1 is 0.896 bits per heavy atom. The Morgan fingerprint density at radius 2 is 1.58 bits per heavy atom. The number of hydrogen-bond donors (Lipinski definition) is 2. The molecular weight excluding hydrogens is 653 g/mol. The van der Waals surface area contributed by atoms with Crippen LogP contribution in [0.3, 0.4) is 0 Å². The van der Waals surface area contributed by atoms with E-state index in [-0.39, 0.29) is 29.0 Å². The second kappa shape index (κ2) is 11.4. The predicted octanol–water partition coefficient (Wildman–Crippen LogP) is 6.49. The first-order chi connectivity index (χ1) is 22.8. The highest BCUT2D eigenvalue weighted by atomic mass is 35.5. The van der Waals surface area contributed by atoms with E-state index in [0.29, 0.717) is 34.0 Å². The number of amides is 4. The Morgan fingerprint density at radius 3 is 2.21 bits per heavy atom. The third kappa shape index (κ3) is 4.65. The van der Waals surface area contributed by atoms with Gasteiger partial charge in [-0.2, -0.15) is 5.01 Å². The highest BCUT2D eigenvalue weighted by molar-refractivity contribution is 6.36. The van der Waals surface area contributed by atoms with Crippen LogP contribution in [0.2, 0.25) is 10.0 Å². The summed E-state index contributed by atoms with van der Waals surface area (Å²) in [4.78, 5) is 59.2. The second-order valence-corrected chi connectivity index (χ2v) is 14.8. The van der Waals surface area contributed by atoms with Gasteiger partial charge in [0, 0.05) is 16.5 Å². The summed E-state index contributed by atoms with van der Waals surface area (Å²) in [5.74, 6) is -4.17. The number of nitrogens with zero attached hydrogens (tertiary/aromatic N) is 2. The summed E-state index contributed by atoms with van der Waals surface area (Å²) in [6.07, 6.45) is 2.50. The van der Waals surface area contributed by atoms with Gasteiger partial charge < -0.3 is 9.84 Å². The van der Waals surface area contributed by atoms with Crippen molar-refractivity contribution in [3.63, 3.8) is 0 Å². The SMILES string of the molecule is COc1ccc([C@@]23C(=O)N(Nc4ccc(Cl)cc4Cl)C(=O)[C@@H]2C[C@@H]2C(=CC[C@@H]4C(=O)N(C(C)(C)C)C(=O)[C@@H]42)[C@@H]3c2ccc(O)cc2)cc1. The average Bonchev–Trinajstić information content (AvgIpc) is 3.44. The van der Waals surface area contributed by atoms with Crippen molar-refractivity contribution in [3.8, 4) is 11.5 Å². The van der Waals surface area contributed by atoms with E-state index in [1.165, 1.54) is 11.0 Å². The van der Waals surface area contributed by atoms with Gasteiger partial charge in [-0.3, -0.25) is 29.5 Å². The number of phenolic OH excluding ortho intramolecular Hbond substituents is 1. The largest absolute Gasteiger partial charge is 0.508 e. The van der Waals surface area contributed by atoms with Crippen molar-refractivity contribution in [2.75, 3.05) is 12.5 Å². The van der Waals surface area contributed by atoms with Crippen LogP contribution in [0.1, 0.15) is 50.7 Å². The minimum absolute atomic E-state index is 0.0470. The lowest BCUT2D eigenvalue weighted by molar-refractivity contribution is -0.146. The van der Waals surface area contributed by atoms with Gasteiger partial charge in [0.25, 0.3) is 11.8 Å².